The highest BCUT2D eigenvalue weighted by Crippen LogP contribution is 2.21. The molecule has 0 aromatic heterocycles. The third-order valence-electron chi connectivity index (χ3n) is 6.26. The van der Waals surface area contributed by atoms with E-state index in [9.17, 15) is 0 Å². The van der Waals surface area contributed by atoms with Crippen LogP contribution < -0.4 is 10.1 Å². The number of nitrogens with zero attached hydrogens (tertiary/aromatic N) is 3. The van der Waals surface area contributed by atoms with Crippen LogP contribution in [0, 0.1) is 11.8 Å². The lowest BCUT2D eigenvalue weighted by molar-refractivity contribution is 0.0392. The van der Waals surface area contributed by atoms with E-state index >= 15 is 0 Å². The summed E-state index contributed by atoms with van der Waals surface area (Å²) in [7, 11) is 4.06. The summed E-state index contributed by atoms with van der Waals surface area (Å²) >= 11 is 0. The summed E-state index contributed by atoms with van der Waals surface area (Å²) in [4.78, 5) is 9.31. The van der Waals surface area contributed by atoms with Crippen molar-refractivity contribution in [3.05, 3.63) is 29.8 Å². The smallest absolute Gasteiger partial charge is 0.193 e. The SMILES string of the molecule is CN=C(NCc1cccc(OCCN(C)C2CCOCC2)c1)N1CC(C)CC(C)C1. The van der Waals surface area contributed by atoms with Gasteiger partial charge in [0, 0.05) is 52.5 Å². The molecule has 3 rings (SSSR count). The monoisotopic (exact) mass is 416 g/mol. The zero-order valence-electron chi connectivity index (χ0n) is 19.3. The highest BCUT2D eigenvalue weighted by Gasteiger charge is 2.24. The van der Waals surface area contributed by atoms with Crippen LogP contribution in [0.25, 0.3) is 0 Å². The first-order valence-electron chi connectivity index (χ1n) is 11.5. The van der Waals surface area contributed by atoms with E-state index in [1.54, 1.807) is 0 Å². The fourth-order valence-electron chi connectivity index (χ4n) is 4.71. The van der Waals surface area contributed by atoms with Crippen molar-refractivity contribution in [2.75, 3.05) is 53.6 Å². The molecule has 2 aliphatic rings. The van der Waals surface area contributed by atoms with E-state index in [1.807, 2.05) is 13.1 Å². The van der Waals surface area contributed by atoms with E-state index in [-0.39, 0.29) is 0 Å². The van der Waals surface area contributed by atoms with Gasteiger partial charge < -0.3 is 19.7 Å². The molecule has 1 N–H and O–H groups in total. The van der Waals surface area contributed by atoms with E-state index in [0.29, 0.717) is 24.5 Å². The summed E-state index contributed by atoms with van der Waals surface area (Å²) in [6, 6.07) is 9.01. The molecule has 30 heavy (non-hydrogen) atoms. The molecule has 0 spiro atoms. The molecule has 0 amide bonds. The van der Waals surface area contributed by atoms with E-state index in [0.717, 1.165) is 63.9 Å². The number of rotatable bonds is 7. The standard InChI is InChI=1S/C24H40N4O2/c1-19-14-20(2)18-28(17-19)24(25-3)26-16-21-6-5-7-23(15-21)30-13-10-27(4)22-8-11-29-12-9-22/h5-7,15,19-20,22H,8-14,16-18H2,1-4H3,(H,25,26). The minimum atomic E-state index is 0.616. The quantitative estimate of drug-likeness (QED) is 0.546. The highest BCUT2D eigenvalue weighted by atomic mass is 16.5. The van der Waals surface area contributed by atoms with Crippen molar-refractivity contribution < 1.29 is 9.47 Å². The summed E-state index contributed by atoms with van der Waals surface area (Å²) in [6.45, 7) is 11.0. The number of likely N-dealkylation sites (tertiary alicyclic amines) is 1. The Bertz CT molecular complexity index is 665. The lowest BCUT2D eigenvalue weighted by Gasteiger charge is -2.37. The van der Waals surface area contributed by atoms with Crippen molar-refractivity contribution in [1.82, 2.24) is 15.1 Å². The largest absolute Gasteiger partial charge is 0.492 e. The maximum absolute atomic E-state index is 6.04. The number of aliphatic imine (C=N–C) groups is 1. The Balaban J connectivity index is 1.45. The summed E-state index contributed by atoms with van der Waals surface area (Å²) in [5.41, 5.74) is 1.21. The minimum Gasteiger partial charge on any atom is -0.492 e. The van der Waals surface area contributed by atoms with E-state index in [4.69, 9.17) is 9.47 Å². The van der Waals surface area contributed by atoms with Crippen molar-refractivity contribution in [2.45, 2.75) is 45.7 Å². The van der Waals surface area contributed by atoms with E-state index < -0.39 is 0 Å². The Kier molecular flexibility index (Phi) is 8.82. The Labute approximate surface area is 182 Å². The molecule has 6 heteroatoms. The Morgan fingerprint density at radius 2 is 1.97 bits per heavy atom. The molecule has 1 aromatic rings. The number of guanidine groups is 1. The number of piperidine rings is 1. The van der Waals surface area contributed by atoms with Crippen LogP contribution in [0.4, 0.5) is 0 Å². The van der Waals surface area contributed by atoms with Crippen LogP contribution in [0.1, 0.15) is 38.7 Å². The van der Waals surface area contributed by atoms with Crippen LogP contribution in [-0.4, -0.2) is 75.4 Å². The van der Waals surface area contributed by atoms with Gasteiger partial charge >= 0.3 is 0 Å². The van der Waals surface area contributed by atoms with Gasteiger partial charge in [-0.15, -0.1) is 0 Å². The van der Waals surface area contributed by atoms with Crippen LogP contribution in [0.3, 0.4) is 0 Å². The first-order valence-corrected chi connectivity index (χ1v) is 11.5. The van der Waals surface area contributed by atoms with Crippen molar-refractivity contribution in [3.8, 4) is 5.75 Å². The molecule has 168 valence electrons. The first kappa shape index (κ1) is 22.9. The molecule has 0 radical (unpaired) electrons. The van der Waals surface area contributed by atoms with Crippen molar-refractivity contribution in [1.29, 1.82) is 0 Å². The van der Waals surface area contributed by atoms with Gasteiger partial charge in [0.1, 0.15) is 12.4 Å². The van der Waals surface area contributed by atoms with Crippen LogP contribution in [-0.2, 0) is 11.3 Å². The topological polar surface area (TPSA) is 49.3 Å². The molecule has 2 aliphatic heterocycles. The van der Waals surface area contributed by atoms with Gasteiger partial charge in [0.05, 0.1) is 0 Å². The fourth-order valence-corrected chi connectivity index (χ4v) is 4.71. The highest BCUT2D eigenvalue weighted by molar-refractivity contribution is 5.80. The van der Waals surface area contributed by atoms with Gasteiger partial charge in [-0.05, 0) is 55.8 Å². The molecule has 0 saturated carbocycles. The number of benzene rings is 1. The third kappa shape index (κ3) is 6.88. The maximum Gasteiger partial charge on any atom is 0.193 e. The molecule has 2 heterocycles. The van der Waals surface area contributed by atoms with Crippen LogP contribution >= 0.6 is 0 Å². The molecule has 6 nitrogen and oxygen atoms in total. The normalized spacial score (nSPS) is 23.6. The van der Waals surface area contributed by atoms with Crippen molar-refractivity contribution in [2.24, 2.45) is 16.8 Å². The second-order valence-corrected chi connectivity index (χ2v) is 9.07. The van der Waals surface area contributed by atoms with Crippen molar-refractivity contribution >= 4 is 5.96 Å². The lowest BCUT2D eigenvalue weighted by atomic mass is 9.92. The van der Waals surface area contributed by atoms with Crippen molar-refractivity contribution in [3.63, 3.8) is 0 Å². The predicted molar refractivity (Wildman–Crippen MR) is 123 cm³/mol. The third-order valence-corrected chi connectivity index (χ3v) is 6.26. The van der Waals surface area contributed by atoms with E-state index in [2.05, 4.69) is 59.2 Å². The summed E-state index contributed by atoms with van der Waals surface area (Å²) in [5.74, 6) is 3.36. The molecule has 2 fully saturated rings. The van der Waals surface area contributed by atoms with Gasteiger partial charge in [-0.2, -0.15) is 0 Å². The van der Waals surface area contributed by atoms with Gasteiger partial charge in [-0.25, -0.2) is 0 Å². The number of hydrogen-bond acceptors (Lipinski definition) is 4. The summed E-state index contributed by atoms with van der Waals surface area (Å²) in [5, 5.41) is 3.54. The molecule has 2 unspecified atom stereocenters. The predicted octanol–water partition coefficient (Wildman–Crippen LogP) is 3.23. The van der Waals surface area contributed by atoms with Gasteiger partial charge in [0.25, 0.3) is 0 Å². The van der Waals surface area contributed by atoms with Gasteiger partial charge in [0.15, 0.2) is 5.96 Å². The zero-order valence-corrected chi connectivity index (χ0v) is 19.3. The molecule has 2 atom stereocenters. The Morgan fingerprint density at radius 1 is 1.23 bits per heavy atom. The minimum absolute atomic E-state index is 0.616. The number of likely N-dealkylation sites (N-methyl/N-ethyl adjacent to an activating group) is 1. The Morgan fingerprint density at radius 3 is 2.67 bits per heavy atom. The molecule has 2 saturated heterocycles. The molecule has 0 bridgehead atoms. The summed E-state index contributed by atoms with van der Waals surface area (Å²) in [6.07, 6.45) is 3.54. The fraction of sp³-hybridized carbons (Fsp3) is 0.708. The Hall–Kier alpha value is -1.79. The number of nitrogens with one attached hydrogen (secondary N) is 1. The average Bonchev–Trinajstić information content (AvgIpc) is 2.74. The number of hydrogen-bond donors (Lipinski definition) is 1. The maximum atomic E-state index is 6.04. The summed E-state index contributed by atoms with van der Waals surface area (Å²) < 4.78 is 11.5. The molecular formula is C24H40N4O2. The van der Waals surface area contributed by atoms with Crippen LogP contribution in [0.5, 0.6) is 5.75 Å². The van der Waals surface area contributed by atoms with Crippen LogP contribution in [0.2, 0.25) is 0 Å². The van der Waals surface area contributed by atoms with Gasteiger partial charge in [-0.1, -0.05) is 26.0 Å². The zero-order chi connectivity index (χ0) is 21.3. The lowest BCUT2D eigenvalue weighted by Crippen LogP contribution is -2.48. The molecule has 1 aromatic carbocycles. The average molecular weight is 417 g/mol. The number of ether oxygens (including phenoxy) is 2. The molecular weight excluding hydrogens is 376 g/mol. The van der Waals surface area contributed by atoms with Crippen LogP contribution in [0.15, 0.2) is 29.3 Å². The second kappa shape index (κ2) is 11.6. The first-order chi connectivity index (χ1) is 14.5. The van der Waals surface area contributed by atoms with Gasteiger partial charge in [-0.3, -0.25) is 9.89 Å². The van der Waals surface area contributed by atoms with E-state index in [1.165, 1.54) is 12.0 Å². The second-order valence-electron chi connectivity index (χ2n) is 9.07. The van der Waals surface area contributed by atoms with Gasteiger partial charge in [0.2, 0.25) is 0 Å². The molecule has 0 aliphatic carbocycles.